The standard InChI is InChI=1S/C22H19FN2O4/c23-17-7-3-1-5-14(17)13-29-21(28)22-12-11-19(26)25(22)18-8-4-2-6-16(18)20(27)24(22)15-9-10-15/h1-8,15H,9-13H2. The zero-order valence-corrected chi connectivity index (χ0v) is 15.6. The molecule has 2 heterocycles. The zero-order valence-electron chi connectivity index (χ0n) is 15.6. The highest BCUT2D eigenvalue weighted by atomic mass is 19.1. The Kier molecular flexibility index (Phi) is 3.94. The predicted octanol–water partition coefficient (Wildman–Crippen LogP) is 3.01. The number of anilines is 1. The number of halogens is 1. The number of fused-ring (bicyclic) bond motifs is 3. The van der Waals surface area contributed by atoms with Crippen LogP contribution in [0.25, 0.3) is 0 Å². The average Bonchev–Trinajstić information content (AvgIpc) is 3.50. The summed E-state index contributed by atoms with van der Waals surface area (Å²) in [5.74, 6) is -1.65. The number of esters is 1. The van der Waals surface area contributed by atoms with Crippen molar-refractivity contribution in [1.82, 2.24) is 4.90 Å². The highest BCUT2D eigenvalue weighted by Crippen LogP contribution is 2.49. The van der Waals surface area contributed by atoms with E-state index in [0.29, 0.717) is 11.3 Å². The van der Waals surface area contributed by atoms with Gasteiger partial charge in [-0.3, -0.25) is 14.5 Å². The molecular formula is C22H19FN2O4. The van der Waals surface area contributed by atoms with Crippen molar-refractivity contribution in [2.75, 3.05) is 4.90 Å². The van der Waals surface area contributed by atoms with E-state index in [1.54, 1.807) is 36.4 Å². The number of para-hydroxylation sites is 1. The topological polar surface area (TPSA) is 66.9 Å². The molecule has 1 saturated heterocycles. The largest absolute Gasteiger partial charge is 0.458 e. The van der Waals surface area contributed by atoms with E-state index in [1.165, 1.54) is 21.9 Å². The molecule has 0 bridgehead atoms. The maximum atomic E-state index is 14.0. The van der Waals surface area contributed by atoms with Gasteiger partial charge in [-0.25, -0.2) is 9.18 Å². The summed E-state index contributed by atoms with van der Waals surface area (Å²) in [6.07, 6.45) is 1.86. The van der Waals surface area contributed by atoms with Crippen LogP contribution in [0.4, 0.5) is 10.1 Å². The van der Waals surface area contributed by atoms with Gasteiger partial charge in [0.05, 0.1) is 11.3 Å². The minimum absolute atomic E-state index is 0.106. The molecule has 2 amide bonds. The summed E-state index contributed by atoms with van der Waals surface area (Å²) in [7, 11) is 0. The number of nitrogens with zero attached hydrogens (tertiary/aromatic N) is 2. The van der Waals surface area contributed by atoms with Crippen LogP contribution < -0.4 is 4.90 Å². The van der Waals surface area contributed by atoms with Crippen LogP contribution in [0.1, 0.15) is 41.6 Å². The molecule has 1 unspecified atom stereocenters. The third kappa shape index (κ3) is 2.57. The highest BCUT2D eigenvalue weighted by molar-refractivity contribution is 6.15. The number of benzene rings is 2. The molecule has 29 heavy (non-hydrogen) atoms. The lowest BCUT2D eigenvalue weighted by Crippen LogP contribution is -2.69. The molecule has 2 aromatic rings. The van der Waals surface area contributed by atoms with Crippen LogP contribution in [0.3, 0.4) is 0 Å². The number of hydrogen-bond acceptors (Lipinski definition) is 4. The normalized spacial score (nSPS) is 23.1. The van der Waals surface area contributed by atoms with Gasteiger partial charge < -0.3 is 9.64 Å². The van der Waals surface area contributed by atoms with Gasteiger partial charge in [-0.1, -0.05) is 30.3 Å². The van der Waals surface area contributed by atoms with Gasteiger partial charge in [0, 0.05) is 24.4 Å². The molecular weight excluding hydrogens is 375 g/mol. The molecule has 148 valence electrons. The number of rotatable bonds is 4. The Hall–Kier alpha value is -3.22. The molecule has 2 fully saturated rings. The van der Waals surface area contributed by atoms with E-state index < -0.39 is 17.4 Å². The molecule has 0 aromatic heterocycles. The third-order valence-electron chi connectivity index (χ3n) is 5.86. The second kappa shape index (κ2) is 6.40. The molecule has 5 rings (SSSR count). The smallest absolute Gasteiger partial charge is 0.354 e. The lowest BCUT2D eigenvalue weighted by atomic mass is 9.96. The van der Waals surface area contributed by atoms with E-state index in [9.17, 15) is 18.8 Å². The number of amides is 2. The monoisotopic (exact) mass is 394 g/mol. The van der Waals surface area contributed by atoms with Crippen LogP contribution in [0.2, 0.25) is 0 Å². The minimum Gasteiger partial charge on any atom is -0.458 e. The molecule has 7 heteroatoms. The van der Waals surface area contributed by atoms with Crippen molar-refractivity contribution in [2.24, 2.45) is 0 Å². The van der Waals surface area contributed by atoms with E-state index in [-0.39, 0.29) is 42.9 Å². The molecule has 6 nitrogen and oxygen atoms in total. The second-order valence-corrected chi connectivity index (χ2v) is 7.64. The van der Waals surface area contributed by atoms with Crippen LogP contribution in [-0.2, 0) is 20.9 Å². The Morgan fingerprint density at radius 1 is 1.10 bits per heavy atom. The predicted molar refractivity (Wildman–Crippen MR) is 101 cm³/mol. The lowest BCUT2D eigenvalue weighted by Gasteiger charge is -2.48. The first kappa shape index (κ1) is 17.8. The van der Waals surface area contributed by atoms with Crippen LogP contribution >= 0.6 is 0 Å². The zero-order chi connectivity index (χ0) is 20.2. The first-order valence-corrected chi connectivity index (χ1v) is 9.70. The van der Waals surface area contributed by atoms with Crippen molar-refractivity contribution >= 4 is 23.5 Å². The first-order valence-electron chi connectivity index (χ1n) is 9.70. The summed E-state index contributed by atoms with van der Waals surface area (Å²) >= 11 is 0. The molecule has 2 aliphatic heterocycles. The summed E-state index contributed by atoms with van der Waals surface area (Å²) in [5.41, 5.74) is -0.421. The number of carbonyl (C=O) groups excluding carboxylic acids is 3. The van der Waals surface area contributed by atoms with E-state index in [0.717, 1.165) is 12.8 Å². The fraction of sp³-hybridized carbons (Fsp3) is 0.318. The Bertz CT molecular complexity index is 1030. The number of ether oxygens (including phenoxy) is 1. The molecule has 0 N–H and O–H groups in total. The van der Waals surface area contributed by atoms with Crippen LogP contribution in [0.15, 0.2) is 48.5 Å². The van der Waals surface area contributed by atoms with Crippen molar-refractivity contribution in [3.8, 4) is 0 Å². The molecule has 2 aromatic carbocycles. The van der Waals surface area contributed by atoms with Crippen molar-refractivity contribution < 1.29 is 23.5 Å². The van der Waals surface area contributed by atoms with Crippen molar-refractivity contribution in [3.05, 3.63) is 65.5 Å². The Balaban J connectivity index is 1.56. The maximum Gasteiger partial charge on any atom is 0.354 e. The van der Waals surface area contributed by atoms with Gasteiger partial charge in [0.15, 0.2) is 0 Å². The maximum absolute atomic E-state index is 14.0. The van der Waals surface area contributed by atoms with Crippen LogP contribution in [-0.4, -0.2) is 34.4 Å². The molecule has 1 aliphatic carbocycles. The number of hydrogen-bond donors (Lipinski definition) is 0. The Morgan fingerprint density at radius 2 is 1.83 bits per heavy atom. The summed E-state index contributed by atoms with van der Waals surface area (Å²) in [6.45, 7) is -0.260. The molecule has 3 aliphatic rings. The van der Waals surface area contributed by atoms with E-state index >= 15 is 0 Å². The summed E-state index contributed by atoms with van der Waals surface area (Å²) < 4.78 is 19.5. The minimum atomic E-state index is -1.51. The molecule has 0 radical (unpaired) electrons. The van der Waals surface area contributed by atoms with Crippen LogP contribution in [0, 0.1) is 5.82 Å². The quantitative estimate of drug-likeness (QED) is 0.748. The Labute approximate surface area is 166 Å². The van der Waals surface area contributed by atoms with Gasteiger partial charge in [0.2, 0.25) is 11.6 Å². The third-order valence-corrected chi connectivity index (χ3v) is 5.86. The van der Waals surface area contributed by atoms with Gasteiger partial charge in [0.25, 0.3) is 5.91 Å². The fourth-order valence-corrected chi connectivity index (χ4v) is 4.39. The highest BCUT2D eigenvalue weighted by Gasteiger charge is 2.64. The molecule has 1 atom stereocenters. The van der Waals surface area contributed by atoms with E-state index in [1.807, 2.05) is 0 Å². The lowest BCUT2D eigenvalue weighted by molar-refractivity contribution is -0.159. The Morgan fingerprint density at radius 3 is 2.59 bits per heavy atom. The second-order valence-electron chi connectivity index (χ2n) is 7.64. The number of carbonyl (C=O) groups is 3. The van der Waals surface area contributed by atoms with Crippen LogP contribution in [0.5, 0.6) is 0 Å². The summed E-state index contributed by atoms with van der Waals surface area (Å²) in [5, 5.41) is 0. The summed E-state index contributed by atoms with van der Waals surface area (Å²) in [6, 6.07) is 12.8. The SMILES string of the molecule is O=C1CCC2(C(=O)OCc3ccccc3F)N1c1ccccc1C(=O)N2C1CC1. The van der Waals surface area contributed by atoms with Gasteiger partial charge >= 0.3 is 5.97 Å². The van der Waals surface area contributed by atoms with Crippen molar-refractivity contribution in [2.45, 2.75) is 44.0 Å². The van der Waals surface area contributed by atoms with Gasteiger partial charge in [-0.2, -0.15) is 0 Å². The first-order chi connectivity index (χ1) is 14.0. The van der Waals surface area contributed by atoms with Gasteiger partial charge in [0.1, 0.15) is 12.4 Å². The molecule has 1 saturated carbocycles. The van der Waals surface area contributed by atoms with E-state index in [2.05, 4.69) is 0 Å². The summed E-state index contributed by atoms with van der Waals surface area (Å²) in [4.78, 5) is 42.5. The van der Waals surface area contributed by atoms with Gasteiger partial charge in [-0.15, -0.1) is 0 Å². The fourth-order valence-electron chi connectivity index (χ4n) is 4.39. The van der Waals surface area contributed by atoms with Crippen molar-refractivity contribution in [3.63, 3.8) is 0 Å². The average molecular weight is 394 g/mol. The van der Waals surface area contributed by atoms with E-state index in [4.69, 9.17) is 4.74 Å². The van der Waals surface area contributed by atoms with Crippen molar-refractivity contribution in [1.29, 1.82) is 0 Å². The molecule has 0 spiro atoms. The van der Waals surface area contributed by atoms with Gasteiger partial charge in [-0.05, 0) is 31.0 Å².